The van der Waals surface area contributed by atoms with Crippen LogP contribution < -0.4 is 5.69 Å². The number of imidazole rings is 1. The fraction of sp³-hybridized carbons (Fsp3) is 0.300. The summed E-state index contributed by atoms with van der Waals surface area (Å²) in [5.41, 5.74) is 3.23. The second kappa shape index (κ2) is 3.12. The third-order valence-electron chi connectivity index (χ3n) is 2.61. The Hall–Kier alpha value is -0.780. The van der Waals surface area contributed by atoms with Gasteiger partial charge < -0.3 is 0 Å². The van der Waals surface area contributed by atoms with Crippen molar-refractivity contribution in [2.24, 2.45) is 14.1 Å². The lowest BCUT2D eigenvalue weighted by molar-refractivity contribution is 0.794. The van der Waals surface area contributed by atoms with Gasteiger partial charge in [-0.15, -0.1) is 0 Å². The van der Waals surface area contributed by atoms with Crippen LogP contribution in [0.15, 0.2) is 16.9 Å². The summed E-state index contributed by atoms with van der Waals surface area (Å²) in [5.74, 6) is 0. The molecule has 0 aliphatic rings. The zero-order valence-corrected chi connectivity index (χ0v) is 10.5. The van der Waals surface area contributed by atoms with Gasteiger partial charge in [-0.05, 0) is 47.2 Å². The van der Waals surface area contributed by atoms with Gasteiger partial charge in [0.15, 0.2) is 0 Å². The van der Waals surface area contributed by atoms with Crippen LogP contribution >= 0.6 is 22.6 Å². The van der Waals surface area contributed by atoms with Gasteiger partial charge >= 0.3 is 5.69 Å². The van der Waals surface area contributed by atoms with E-state index in [-0.39, 0.29) is 5.69 Å². The molecule has 0 radical (unpaired) electrons. The van der Waals surface area contributed by atoms with E-state index in [2.05, 4.69) is 22.6 Å². The van der Waals surface area contributed by atoms with E-state index >= 15 is 0 Å². The highest BCUT2D eigenvalue weighted by atomic mass is 127. The van der Waals surface area contributed by atoms with Crippen molar-refractivity contribution < 1.29 is 0 Å². The van der Waals surface area contributed by atoms with E-state index in [0.29, 0.717) is 0 Å². The Kier molecular flexibility index (Phi) is 2.17. The standard InChI is InChI=1S/C10H11IN2O/c1-6-7(11)4-5-8-9(6)13(3)10(14)12(8)2/h4-5H,1-3H3. The summed E-state index contributed by atoms with van der Waals surface area (Å²) in [6, 6.07) is 4.03. The number of aryl methyl sites for hydroxylation is 3. The monoisotopic (exact) mass is 302 g/mol. The number of fused-ring (bicyclic) bond motifs is 1. The van der Waals surface area contributed by atoms with E-state index in [1.165, 1.54) is 9.13 Å². The first-order valence-corrected chi connectivity index (χ1v) is 5.42. The van der Waals surface area contributed by atoms with E-state index in [0.717, 1.165) is 11.0 Å². The summed E-state index contributed by atoms with van der Waals surface area (Å²) in [6.45, 7) is 2.05. The van der Waals surface area contributed by atoms with Gasteiger partial charge in [0.2, 0.25) is 0 Å². The van der Waals surface area contributed by atoms with Crippen LogP contribution in [0.3, 0.4) is 0 Å². The van der Waals surface area contributed by atoms with Crippen LogP contribution in [0, 0.1) is 10.5 Å². The Morgan fingerprint density at radius 1 is 1.21 bits per heavy atom. The molecule has 4 heteroatoms. The minimum Gasteiger partial charge on any atom is -0.295 e. The fourth-order valence-electron chi connectivity index (χ4n) is 1.78. The number of halogens is 1. The fourth-order valence-corrected chi connectivity index (χ4v) is 2.21. The van der Waals surface area contributed by atoms with Gasteiger partial charge in [0.05, 0.1) is 11.0 Å². The zero-order chi connectivity index (χ0) is 10.5. The lowest BCUT2D eigenvalue weighted by atomic mass is 10.2. The molecule has 3 nitrogen and oxygen atoms in total. The van der Waals surface area contributed by atoms with Crippen molar-refractivity contribution in [2.75, 3.05) is 0 Å². The third-order valence-corrected chi connectivity index (χ3v) is 3.78. The molecule has 2 rings (SSSR count). The van der Waals surface area contributed by atoms with E-state index in [4.69, 9.17) is 0 Å². The second-order valence-electron chi connectivity index (χ2n) is 3.44. The Bertz CT molecular complexity index is 565. The predicted octanol–water partition coefficient (Wildman–Crippen LogP) is 1.79. The van der Waals surface area contributed by atoms with Crippen molar-refractivity contribution in [1.82, 2.24) is 9.13 Å². The molecule has 0 saturated carbocycles. The molecular formula is C10H11IN2O. The average molecular weight is 302 g/mol. The third kappa shape index (κ3) is 1.13. The molecule has 14 heavy (non-hydrogen) atoms. The summed E-state index contributed by atoms with van der Waals surface area (Å²) in [7, 11) is 3.62. The van der Waals surface area contributed by atoms with E-state index in [9.17, 15) is 4.79 Å². The lowest BCUT2D eigenvalue weighted by Gasteiger charge is -2.01. The largest absolute Gasteiger partial charge is 0.328 e. The Labute approximate surface area is 95.5 Å². The van der Waals surface area contributed by atoms with Crippen molar-refractivity contribution in [1.29, 1.82) is 0 Å². The predicted molar refractivity (Wildman–Crippen MR) is 65.6 cm³/mol. The molecule has 0 fully saturated rings. The summed E-state index contributed by atoms with van der Waals surface area (Å²) >= 11 is 2.29. The van der Waals surface area contributed by atoms with Crippen molar-refractivity contribution in [3.8, 4) is 0 Å². The molecule has 1 aromatic heterocycles. The molecule has 0 bridgehead atoms. The van der Waals surface area contributed by atoms with E-state index < -0.39 is 0 Å². The molecule has 0 saturated heterocycles. The first-order chi connectivity index (χ1) is 6.54. The van der Waals surface area contributed by atoms with Gasteiger partial charge in [0.1, 0.15) is 0 Å². The zero-order valence-electron chi connectivity index (χ0n) is 8.34. The van der Waals surface area contributed by atoms with Crippen molar-refractivity contribution in [3.05, 3.63) is 31.8 Å². The molecule has 1 heterocycles. The summed E-state index contributed by atoms with van der Waals surface area (Å²) in [6.07, 6.45) is 0. The Morgan fingerprint density at radius 2 is 1.86 bits per heavy atom. The maximum absolute atomic E-state index is 11.7. The SMILES string of the molecule is Cc1c(I)ccc2c1n(C)c(=O)n2C. The normalized spacial score (nSPS) is 11.1. The quantitative estimate of drug-likeness (QED) is 0.682. The van der Waals surface area contributed by atoms with Gasteiger partial charge in [0.25, 0.3) is 0 Å². The minimum atomic E-state index is 0.0325. The van der Waals surface area contributed by atoms with Crippen molar-refractivity contribution >= 4 is 33.6 Å². The van der Waals surface area contributed by atoms with Gasteiger partial charge in [-0.1, -0.05) is 0 Å². The first-order valence-electron chi connectivity index (χ1n) is 4.34. The highest BCUT2D eigenvalue weighted by molar-refractivity contribution is 14.1. The molecular weight excluding hydrogens is 291 g/mol. The molecule has 0 spiro atoms. The van der Waals surface area contributed by atoms with Gasteiger partial charge in [0, 0.05) is 17.7 Å². The second-order valence-corrected chi connectivity index (χ2v) is 4.60. The number of nitrogens with zero attached hydrogens (tertiary/aromatic N) is 2. The summed E-state index contributed by atoms with van der Waals surface area (Å²) in [5, 5.41) is 0. The molecule has 74 valence electrons. The minimum absolute atomic E-state index is 0.0325. The number of hydrogen-bond donors (Lipinski definition) is 0. The first kappa shape index (κ1) is 9.76. The van der Waals surface area contributed by atoms with Crippen LogP contribution in [0.2, 0.25) is 0 Å². The molecule has 0 N–H and O–H groups in total. The maximum Gasteiger partial charge on any atom is 0.328 e. The molecule has 0 atom stereocenters. The van der Waals surface area contributed by atoms with Gasteiger partial charge in [-0.3, -0.25) is 9.13 Å². The van der Waals surface area contributed by atoms with Crippen LogP contribution in [-0.4, -0.2) is 9.13 Å². The molecule has 0 aliphatic heterocycles. The number of aromatic nitrogens is 2. The smallest absolute Gasteiger partial charge is 0.295 e. The Morgan fingerprint density at radius 3 is 2.50 bits per heavy atom. The maximum atomic E-state index is 11.7. The summed E-state index contributed by atoms with van der Waals surface area (Å²) in [4.78, 5) is 11.7. The van der Waals surface area contributed by atoms with E-state index in [1.807, 2.05) is 26.1 Å². The molecule has 2 aromatic rings. The van der Waals surface area contributed by atoms with Crippen LogP contribution in [0.5, 0.6) is 0 Å². The molecule has 0 unspecified atom stereocenters. The summed E-state index contributed by atoms with van der Waals surface area (Å²) < 4.78 is 4.57. The number of benzene rings is 1. The topological polar surface area (TPSA) is 26.9 Å². The van der Waals surface area contributed by atoms with Crippen LogP contribution in [0.25, 0.3) is 11.0 Å². The number of rotatable bonds is 0. The molecule has 1 aromatic carbocycles. The van der Waals surface area contributed by atoms with Crippen molar-refractivity contribution in [3.63, 3.8) is 0 Å². The average Bonchev–Trinajstić information content (AvgIpc) is 2.38. The van der Waals surface area contributed by atoms with Crippen LogP contribution in [0.1, 0.15) is 5.56 Å². The highest BCUT2D eigenvalue weighted by Gasteiger charge is 2.10. The van der Waals surface area contributed by atoms with Crippen molar-refractivity contribution in [2.45, 2.75) is 6.92 Å². The Balaban J connectivity index is 3.11. The van der Waals surface area contributed by atoms with E-state index in [1.54, 1.807) is 16.2 Å². The van der Waals surface area contributed by atoms with Gasteiger partial charge in [-0.25, -0.2) is 4.79 Å². The molecule has 0 aliphatic carbocycles. The highest BCUT2D eigenvalue weighted by Crippen LogP contribution is 2.21. The molecule has 0 amide bonds. The van der Waals surface area contributed by atoms with Crippen LogP contribution in [0.4, 0.5) is 0 Å². The van der Waals surface area contributed by atoms with Gasteiger partial charge in [-0.2, -0.15) is 0 Å². The lowest BCUT2D eigenvalue weighted by Crippen LogP contribution is -2.19. The van der Waals surface area contributed by atoms with Crippen LogP contribution in [-0.2, 0) is 14.1 Å². The number of hydrogen-bond acceptors (Lipinski definition) is 1.